The second kappa shape index (κ2) is 11.3. The van der Waals surface area contributed by atoms with Crippen molar-refractivity contribution in [3.63, 3.8) is 0 Å². The molecule has 2 heterocycles. The highest BCUT2D eigenvalue weighted by atomic mass is 16.5. The summed E-state index contributed by atoms with van der Waals surface area (Å²) in [5.41, 5.74) is 5.33. The molecule has 0 aliphatic heterocycles. The van der Waals surface area contributed by atoms with E-state index in [2.05, 4.69) is 0 Å². The highest BCUT2D eigenvalue weighted by molar-refractivity contribution is 5.94. The van der Waals surface area contributed by atoms with Crippen molar-refractivity contribution in [3.05, 3.63) is 96.2 Å². The van der Waals surface area contributed by atoms with Crippen molar-refractivity contribution in [2.75, 3.05) is 34.9 Å². The van der Waals surface area contributed by atoms with Gasteiger partial charge in [0.25, 0.3) is 5.91 Å². The van der Waals surface area contributed by atoms with E-state index in [-0.39, 0.29) is 5.91 Å². The van der Waals surface area contributed by atoms with Crippen molar-refractivity contribution >= 4 is 11.6 Å². The summed E-state index contributed by atoms with van der Waals surface area (Å²) in [6.07, 6.45) is 0.649. The Hall–Kier alpha value is -4.85. The highest BCUT2D eigenvalue weighted by Crippen LogP contribution is 2.28. The summed E-state index contributed by atoms with van der Waals surface area (Å²) in [6, 6.07) is 27.0. The molecule has 39 heavy (non-hydrogen) atoms. The molecular weight excluding hydrogens is 492 g/mol. The van der Waals surface area contributed by atoms with Crippen molar-refractivity contribution in [3.8, 4) is 39.8 Å². The van der Waals surface area contributed by atoms with E-state index in [4.69, 9.17) is 24.3 Å². The fourth-order valence-electron chi connectivity index (χ4n) is 4.42. The number of rotatable bonds is 9. The predicted octanol–water partition coefficient (Wildman–Crippen LogP) is 5.40. The van der Waals surface area contributed by atoms with E-state index in [1.165, 1.54) is 0 Å². The Kier molecular flexibility index (Phi) is 7.45. The van der Waals surface area contributed by atoms with Crippen LogP contribution in [0.5, 0.6) is 17.2 Å². The minimum absolute atomic E-state index is 0.152. The molecule has 0 bridgehead atoms. The molecule has 198 valence electrons. The van der Waals surface area contributed by atoms with Gasteiger partial charge in [-0.25, -0.2) is 9.50 Å². The molecule has 0 unspecified atom stereocenters. The quantitative estimate of drug-likeness (QED) is 0.258. The lowest BCUT2D eigenvalue weighted by molar-refractivity contribution is 0.0788. The van der Waals surface area contributed by atoms with Gasteiger partial charge in [0.2, 0.25) is 0 Å². The molecule has 1 amide bonds. The van der Waals surface area contributed by atoms with E-state index in [0.717, 1.165) is 28.1 Å². The van der Waals surface area contributed by atoms with Crippen LogP contribution in [0.1, 0.15) is 16.1 Å². The molecule has 0 saturated heterocycles. The van der Waals surface area contributed by atoms with E-state index in [1.54, 1.807) is 43.9 Å². The van der Waals surface area contributed by atoms with Crippen LogP contribution in [-0.4, -0.2) is 60.3 Å². The van der Waals surface area contributed by atoms with Gasteiger partial charge < -0.3 is 19.1 Å². The van der Waals surface area contributed by atoms with E-state index >= 15 is 0 Å². The predicted molar refractivity (Wildman–Crippen MR) is 151 cm³/mol. The molecule has 3 aromatic carbocycles. The molecule has 0 atom stereocenters. The van der Waals surface area contributed by atoms with Crippen molar-refractivity contribution in [2.24, 2.45) is 0 Å². The number of amides is 1. The number of aromatic nitrogens is 3. The van der Waals surface area contributed by atoms with Gasteiger partial charge in [0.15, 0.2) is 17.1 Å². The van der Waals surface area contributed by atoms with Gasteiger partial charge >= 0.3 is 0 Å². The molecule has 0 spiro atoms. The van der Waals surface area contributed by atoms with Gasteiger partial charge in [-0.15, -0.1) is 0 Å². The number of carbonyl (C=O) groups is 1. The smallest absolute Gasteiger partial charge is 0.272 e. The molecule has 0 saturated carbocycles. The number of methoxy groups -OCH3 is 3. The maximum absolute atomic E-state index is 13.8. The van der Waals surface area contributed by atoms with Crippen LogP contribution in [0.25, 0.3) is 28.2 Å². The van der Waals surface area contributed by atoms with Crippen LogP contribution in [0.3, 0.4) is 0 Å². The van der Waals surface area contributed by atoms with Gasteiger partial charge in [0.1, 0.15) is 11.4 Å². The SMILES string of the molecule is COc1ccc(-c2cc(C(=O)N(C)CCc3ccc(OC)c(OC)c3)n3nc(-c4ccccc4)cc3n2)cc1. The molecule has 8 nitrogen and oxygen atoms in total. The Morgan fingerprint density at radius 1 is 0.795 bits per heavy atom. The standard InChI is InChI=1S/C31H30N4O4/c1-34(17-16-21-10-15-28(38-3)29(18-21)39-4)31(36)27-19-25(23-11-13-24(37-2)14-12-23)32-30-20-26(33-35(27)30)22-8-6-5-7-9-22/h5-15,18-20H,16-17H2,1-4H3. The maximum atomic E-state index is 13.8. The number of carbonyl (C=O) groups excluding carboxylic acids is 1. The fraction of sp³-hybridized carbons (Fsp3) is 0.194. The zero-order chi connectivity index (χ0) is 27.4. The summed E-state index contributed by atoms with van der Waals surface area (Å²) in [4.78, 5) is 20.3. The second-order valence-corrected chi connectivity index (χ2v) is 9.09. The van der Waals surface area contributed by atoms with Crippen molar-refractivity contribution in [2.45, 2.75) is 6.42 Å². The van der Waals surface area contributed by atoms with Gasteiger partial charge in [0, 0.05) is 30.8 Å². The molecule has 5 aromatic rings. The zero-order valence-corrected chi connectivity index (χ0v) is 22.4. The van der Waals surface area contributed by atoms with Crippen LogP contribution in [0.2, 0.25) is 0 Å². The average molecular weight is 523 g/mol. The third-order valence-corrected chi connectivity index (χ3v) is 6.63. The molecular formula is C31H30N4O4. The maximum Gasteiger partial charge on any atom is 0.272 e. The molecule has 0 fully saturated rings. The average Bonchev–Trinajstić information content (AvgIpc) is 3.43. The summed E-state index contributed by atoms with van der Waals surface area (Å²) in [7, 11) is 6.65. The Balaban J connectivity index is 1.49. The van der Waals surface area contributed by atoms with E-state index < -0.39 is 0 Å². The monoisotopic (exact) mass is 522 g/mol. The van der Waals surface area contributed by atoms with Crippen LogP contribution in [0.15, 0.2) is 84.9 Å². The number of hydrogen-bond acceptors (Lipinski definition) is 6. The molecule has 0 radical (unpaired) electrons. The number of hydrogen-bond donors (Lipinski definition) is 0. The van der Waals surface area contributed by atoms with Gasteiger partial charge in [0.05, 0.1) is 32.7 Å². The minimum atomic E-state index is -0.152. The Labute approximate surface area is 227 Å². The third-order valence-electron chi connectivity index (χ3n) is 6.63. The van der Waals surface area contributed by atoms with Gasteiger partial charge in [-0.2, -0.15) is 5.10 Å². The third kappa shape index (κ3) is 5.40. The Bertz CT molecular complexity index is 1600. The zero-order valence-electron chi connectivity index (χ0n) is 22.4. The van der Waals surface area contributed by atoms with Crippen LogP contribution in [0.4, 0.5) is 0 Å². The lowest BCUT2D eigenvalue weighted by atomic mass is 10.1. The molecule has 0 aliphatic carbocycles. The molecule has 2 aromatic heterocycles. The lowest BCUT2D eigenvalue weighted by Crippen LogP contribution is -2.30. The minimum Gasteiger partial charge on any atom is -0.497 e. The number of ether oxygens (including phenoxy) is 3. The van der Waals surface area contributed by atoms with Crippen LogP contribution in [0, 0.1) is 0 Å². The first-order valence-corrected chi connectivity index (χ1v) is 12.6. The van der Waals surface area contributed by atoms with Crippen molar-refractivity contribution in [1.29, 1.82) is 0 Å². The number of benzene rings is 3. The normalized spacial score (nSPS) is 10.9. The van der Waals surface area contributed by atoms with Crippen LogP contribution >= 0.6 is 0 Å². The summed E-state index contributed by atoms with van der Waals surface area (Å²) in [5.74, 6) is 1.93. The summed E-state index contributed by atoms with van der Waals surface area (Å²) < 4.78 is 17.7. The number of likely N-dealkylation sites (N-methyl/N-ethyl adjacent to an activating group) is 1. The van der Waals surface area contributed by atoms with E-state index in [1.807, 2.05) is 78.9 Å². The first-order valence-electron chi connectivity index (χ1n) is 12.6. The fourth-order valence-corrected chi connectivity index (χ4v) is 4.42. The number of nitrogens with zero attached hydrogens (tertiary/aromatic N) is 4. The molecule has 8 heteroatoms. The Morgan fingerprint density at radius 2 is 1.51 bits per heavy atom. The second-order valence-electron chi connectivity index (χ2n) is 9.09. The molecule has 0 aliphatic rings. The topological polar surface area (TPSA) is 78.2 Å². The first kappa shape index (κ1) is 25.8. The lowest BCUT2D eigenvalue weighted by Gasteiger charge is -2.19. The summed E-state index contributed by atoms with van der Waals surface area (Å²) in [6.45, 7) is 0.503. The largest absolute Gasteiger partial charge is 0.497 e. The molecule has 0 N–H and O–H groups in total. The van der Waals surface area contributed by atoms with Gasteiger partial charge in [-0.3, -0.25) is 4.79 Å². The summed E-state index contributed by atoms with van der Waals surface area (Å²) >= 11 is 0. The van der Waals surface area contributed by atoms with Crippen molar-refractivity contribution in [1.82, 2.24) is 19.5 Å². The van der Waals surface area contributed by atoms with Crippen LogP contribution in [-0.2, 0) is 6.42 Å². The van der Waals surface area contributed by atoms with Crippen LogP contribution < -0.4 is 14.2 Å². The Morgan fingerprint density at radius 3 is 2.21 bits per heavy atom. The first-order chi connectivity index (χ1) is 19.0. The van der Waals surface area contributed by atoms with E-state index in [0.29, 0.717) is 41.5 Å². The number of fused-ring (bicyclic) bond motifs is 1. The van der Waals surface area contributed by atoms with Crippen molar-refractivity contribution < 1.29 is 19.0 Å². The summed E-state index contributed by atoms with van der Waals surface area (Å²) in [5, 5.41) is 4.76. The van der Waals surface area contributed by atoms with Gasteiger partial charge in [-0.05, 0) is 54.4 Å². The highest BCUT2D eigenvalue weighted by Gasteiger charge is 2.20. The van der Waals surface area contributed by atoms with Gasteiger partial charge in [-0.1, -0.05) is 36.4 Å². The van der Waals surface area contributed by atoms with E-state index in [9.17, 15) is 4.79 Å². The molecule has 5 rings (SSSR count).